The Balaban J connectivity index is 1.47. The molecule has 2 amide bonds. The maximum absolute atomic E-state index is 14.3. The topological polar surface area (TPSA) is 124 Å². The molecule has 3 atom stereocenters. The Labute approximate surface area is 259 Å². The molecule has 0 spiro atoms. The lowest BCUT2D eigenvalue weighted by atomic mass is 9.80. The molecule has 2 N–H and O–H groups in total. The molecule has 10 heteroatoms. The van der Waals surface area contributed by atoms with Gasteiger partial charge in [0.15, 0.2) is 17.6 Å². The van der Waals surface area contributed by atoms with E-state index in [2.05, 4.69) is 32.2 Å². The van der Waals surface area contributed by atoms with E-state index in [1.54, 1.807) is 25.4 Å². The summed E-state index contributed by atoms with van der Waals surface area (Å²) >= 11 is 0. The number of nitrogens with zero attached hydrogens (tertiary/aromatic N) is 1. The number of aliphatic carboxylic acids is 1. The van der Waals surface area contributed by atoms with Crippen molar-refractivity contribution in [2.24, 2.45) is 17.3 Å². The van der Waals surface area contributed by atoms with E-state index in [-0.39, 0.29) is 41.5 Å². The van der Waals surface area contributed by atoms with Crippen molar-refractivity contribution in [2.45, 2.75) is 77.9 Å². The normalized spacial score (nSPS) is 26.7. The molecule has 2 heterocycles. The molecule has 0 saturated heterocycles. The average Bonchev–Trinajstić information content (AvgIpc) is 3.21. The van der Waals surface area contributed by atoms with Crippen LogP contribution < -0.4 is 14.8 Å². The van der Waals surface area contributed by atoms with Gasteiger partial charge in [-0.2, -0.15) is 0 Å². The number of nitrogens with one attached hydrogen (secondary N) is 1. The molecule has 1 fully saturated rings. The highest BCUT2D eigenvalue weighted by Crippen LogP contribution is 2.50. The fourth-order valence-electron chi connectivity index (χ4n) is 6.75. The number of carbonyl (C=O) groups excluding carboxylic acids is 2. The van der Waals surface area contributed by atoms with E-state index in [0.717, 1.165) is 29.6 Å². The standard InChI is InChI=1S/C34H44N2O8/c1-19-14-23(22-8-7-9-25(41-5)30(22)42-6)31-29-24(19)17-43-18-27(34(2,3)4)36(29)32(38)26(44-31)15-28(37)35-16-20-10-12-21(13-11-20)33(39)40/h7-9,14,17,20-21,23,26-27H,10-13,15-16,18H2,1-6H3,(H,35,37)(H,39,40)/t20-,21-,23-,26+,27-/m0/s1. The molecular formula is C34H44N2O8. The number of rotatable bonds is 8. The molecule has 0 unspecified atom stereocenters. The number of carboxylic acids is 1. The van der Waals surface area contributed by atoms with Gasteiger partial charge in [-0.3, -0.25) is 19.3 Å². The Morgan fingerprint density at radius 2 is 1.84 bits per heavy atom. The average molecular weight is 609 g/mol. The van der Waals surface area contributed by atoms with E-state index in [1.807, 2.05) is 25.1 Å². The minimum atomic E-state index is -1.04. The maximum Gasteiger partial charge on any atom is 0.306 e. The van der Waals surface area contributed by atoms with Gasteiger partial charge >= 0.3 is 5.97 Å². The van der Waals surface area contributed by atoms with Gasteiger partial charge < -0.3 is 29.4 Å². The van der Waals surface area contributed by atoms with Crippen LogP contribution in [0.2, 0.25) is 0 Å². The molecule has 4 aliphatic rings. The number of benzene rings is 1. The molecule has 0 aromatic heterocycles. The summed E-state index contributed by atoms with van der Waals surface area (Å²) in [4.78, 5) is 40.7. The molecule has 0 radical (unpaired) electrons. The van der Waals surface area contributed by atoms with Crippen molar-refractivity contribution in [3.63, 3.8) is 0 Å². The Hall–Kier alpha value is -3.95. The lowest BCUT2D eigenvalue weighted by molar-refractivity contribution is -0.151. The van der Waals surface area contributed by atoms with Crippen LogP contribution in [-0.4, -0.2) is 67.3 Å². The second-order valence-electron chi connectivity index (χ2n) is 13.2. The fraction of sp³-hybridized carbons (Fsp3) is 0.559. The second kappa shape index (κ2) is 12.6. The van der Waals surface area contributed by atoms with Crippen LogP contribution in [0.25, 0.3) is 0 Å². The smallest absolute Gasteiger partial charge is 0.306 e. The van der Waals surface area contributed by atoms with Crippen LogP contribution in [0.15, 0.2) is 53.1 Å². The maximum atomic E-state index is 14.3. The van der Waals surface area contributed by atoms with Crippen molar-refractivity contribution in [3.8, 4) is 11.5 Å². The molecule has 0 bridgehead atoms. The number of ether oxygens (including phenoxy) is 4. The van der Waals surface area contributed by atoms with Crippen LogP contribution in [0.4, 0.5) is 0 Å². The highest BCUT2D eigenvalue weighted by Gasteiger charge is 2.49. The van der Waals surface area contributed by atoms with Gasteiger partial charge in [-0.25, -0.2) is 0 Å². The third-order valence-corrected chi connectivity index (χ3v) is 9.33. The molecule has 2 aliphatic heterocycles. The second-order valence-corrected chi connectivity index (χ2v) is 13.2. The first-order chi connectivity index (χ1) is 20.9. The third kappa shape index (κ3) is 6.03. The number of amides is 2. The highest BCUT2D eigenvalue weighted by molar-refractivity contribution is 5.91. The van der Waals surface area contributed by atoms with Crippen molar-refractivity contribution in [2.75, 3.05) is 27.4 Å². The first-order valence-electron chi connectivity index (χ1n) is 15.4. The molecule has 238 valence electrons. The van der Waals surface area contributed by atoms with E-state index >= 15 is 0 Å². The number of methoxy groups -OCH3 is 2. The summed E-state index contributed by atoms with van der Waals surface area (Å²) in [6, 6.07) is 5.37. The van der Waals surface area contributed by atoms with Crippen molar-refractivity contribution >= 4 is 17.8 Å². The molecule has 5 rings (SSSR count). The van der Waals surface area contributed by atoms with Gasteiger partial charge in [-0.15, -0.1) is 0 Å². The lowest BCUT2D eigenvalue weighted by Crippen LogP contribution is -2.56. The number of allylic oxidation sites excluding steroid dienone is 2. The summed E-state index contributed by atoms with van der Waals surface area (Å²) in [6.07, 6.45) is 5.32. The molecule has 1 aromatic carbocycles. The Morgan fingerprint density at radius 3 is 2.48 bits per heavy atom. The number of hydrogen-bond donors (Lipinski definition) is 2. The molecule has 2 aliphatic carbocycles. The number of para-hydroxylation sites is 1. The summed E-state index contributed by atoms with van der Waals surface area (Å²) in [7, 11) is 3.19. The zero-order chi connectivity index (χ0) is 31.8. The molecule has 10 nitrogen and oxygen atoms in total. The summed E-state index contributed by atoms with van der Waals surface area (Å²) in [5.74, 6) is -0.0923. The zero-order valence-electron chi connectivity index (χ0n) is 26.5. The molecule has 1 saturated carbocycles. The fourth-order valence-corrected chi connectivity index (χ4v) is 6.75. The zero-order valence-corrected chi connectivity index (χ0v) is 26.5. The van der Waals surface area contributed by atoms with Crippen molar-refractivity contribution in [3.05, 3.63) is 58.7 Å². The van der Waals surface area contributed by atoms with Crippen LogP contribution in [0.3, 0.4) is 0 Å². The first kappa shape index (κ1) is 31.5. The van der Waals surface area contributed by atoms with Gasteiger partial charge in [0.2, 0.25) is 5.91 Å². The van der Waals surface area contributed by atoms with Gasteiger partial charge in [0.25, 0.3) is 5.91 Å². The Kier molecular flexibility index (Phi) is 9.00. The largest absolute Gasteiger partial charge is 0.498 e. The van der Waals surface area contributed by atoms with Gasteiger partial charge in [0.1, 0.15) is 12.4 Å². The quantitative estimate of drug-likeness (QED) is 0.427. The van der Waals surface area contributed by atoms with Crippen molar-refractivity contribution in [1.29, 1.82) is 0 Å². The van der Waals surface area contributed by atoms with E-state index in [4.69, 9.17) is 18.9 Å². The lowest BCUT2D eigenvalue weighted by Gasteiger charge is -2.46. The highest BCUT2D eigenvalue weighted by atomic mass is 16.5. The van der Waals surface area contributed by atoms with E-state index in [9.17, 15) is 19.5 Å². The van der Waals surface area contributed by atoms with Crippen LogP contribution in [0, 0.1) is 17.3 Å². The minimum Gasteiger partial charge on any atom is -0.498 e. The van der Waals surface area contributed by atoms with E-state index < -0.39 is 18.0 Å². The summed E-state index contributed by atoms with van der Waals surface area (Å²) in [6.45, 7) is 8.95. The van der Waals surface area contributed by atoms with Gasteiger partial charge in [0.05, 0.1) is 50.5 Å². The first-order valence-corrected chi connectivity index (χ1v) is 15.4. The van der Waals surface area contributed by atoms with Crippen LogP contribution >= 0.6 is 0 Å². The Bertz CT molecular complexity index is 1400. The van der Waals surface area contributed by atoms with E-state index in [1.165, 1.54) is 0 Å². The summed E-state index contributed by atoms with van der Waals surface area (Å²) < 4.78 is 24.0. The number of carboxylic acid groups (broad SMARTS) is 1. The number of hydrogen-bond acceptors (Lipinski definition) is 7. The minimum absolute atomic E-state index is 0.141. The molecule has 1 aromatic rings. The predicted molar refractivity (Wildman–Crippen MR) is 163 cm³/mol. The van der Waals surface area contributed by atoms with E-state index in [0.29, 0.717) is 48.9 Å². The SMILES string of the molecule is COc1cccc([C@@H]2C=C(C)C3=COC[C@@H](C(C)(C)C)N4C(=O)[C@@H](CC(=O)NC[C@H]5CC[C@H](C(=O)O)CC5)OC2=C34)c1OC. The predicted octanol–water partition coefficient (Wildman–Crippen LogP) is 4.91. The van der Waals surface area contributed by atoms with Crippen molar-refractivity contribution in [1.82, 2.24) is 10.2 Å². The molecular weight excluding hydrogens is 564 g/mol. The van der Waals surface area contributed by atoms with Gasteiger partial charge in [-0.05, 0) is 55.6 Å². The van der Waals surface area contributed by atoms with Crippen molar-refractivity contribution < 1.29 is 38.4 Å². The number of carbonyl (C=O) groups is 3. The van der Waals surface area contributed by atoms with Gasteiger partial charge in [0, 0.05) is 17.7 Å². The van der Waals surface area contributed by atoms with Crippen LogP contribution in [0.1, 0.15) is 71.3 Å². The monoisotopic (exact) mass is 608 g/mol. The van der Waals surface area contributed by atoms with Crippen LogP contribution in [-0.2, 0) is 23.9 Å². The van der Waals surface area contributed by atoms with Gasteiger partial charge in [-0.1, -0.05) is 39.0 Å². The third-order valence-electron chi connectivity index (χ3n) is 9.33. The summed E-state index contributed by atoms with van der Waals surface area (Å²) in [5.41, 5.74) is 2.85. The summed E-state index contributed by atoms with van der Waals surface area (Å²) in [5, 5.41) is 12.3. The molecule has 44 heavy (non-hydrogen) atoms. The van der Waals surface area contributed by atoms with Crippen LogP contribution in [0.5, 0.6) is 11.5 Å². The Morgan fingerprint density at radius 1 is 1.11 bits per heavy atom.